The summed E-state index contributed by atoms with van der Waals surface area (Å²) in [6, 6.07) is 1.71. The molecule has 0 fully saturated rings. The predicted octanol–water partition coefficient (Wildman–Crippen LogP) is 4.43. The van der Waals surface area contributed by atoms with Gasteiger partial charge in [-0.2, -0.15) is 0 Å². The molecular formula is C11H8Cl3N3S. The summed E-state index contributed by atoms with van der Waals surface area (Å²) in [5.41, 5.74) is 1.64. The van der Waals surface area contributed by atoms with E-state index >= 15 is 0 Å². The highest BCUT2D eigenvalue weighted by atomic mass is 35.5. The summed E-state index contributed by atoms with van der Waals surface area (Å²) in [5, 5.41) is 2.10. The number of halogens is 3. The lowest BCUT2D eigenvalue weighted by atomic mass is 10.3. The van der Waals surface area contributed by atoms with Crippen molar-refractivity contribution in [2.24, 2.45) is 0 Å². The number of thioether (sulfide) groups is 1. The third-order valence-electron chi connectivity index (χ3n) is 2.10. The van der Waals surface area contributed by atoms with Crippen LogP contribution in [0.25, 0.3) is 0 Å². The predicted molar refractivity (Wildman–Crippen MR) is 75.6 cm³/mol. The van der Waals surface area contributed by atoms with Crippen molar-refractivity contribution in [3.05, 3.63) is 44.9 Å². The average molecular weight is 321 g/mol. The van der Waals surface area contributed by atoms with Crippen LogP contribution in [0.4, 0.5) is 0 Å². The Kier molecular flexibility index (Phi) is 4.67. The number of rotatable bonds is 3. The molecule has 2 rings (SSSR count). The fourth-order valence-corrected chi connectivity index (χ4v) is 3.18. The Hall–Kier alpha value is -0.550. The molecule has 2 aromatic heterocycles. The normalized spacial score (nSPS) is 10.7. The highest BCUT2D eigenvalue weighted by Crippen LogP contribution is 2.29. The summed E-state index contributed by atoms with van der Waals surface area (Å²) >= 11 is 19.4. The monoisotopic (exact) mass is 319 g/mol. The zero-order valence-corrected chi connectivity index (χ0v) is 12.4. The summed E-state index contributed by atoms with van der Waals surface area (Å²) in [6.07, 6.45) is 3.13. The lowest BCUT2D eigenvalue weighted by Gasteiger charge is -2.05. The Bertz CT molecular complexity index is 537. The molecule has 0 amide bonds. The van der Waals surface area contributed by atoms with Crippen molar-refractivity contribution in [2.45, 2.75) is 17.8 Å². The fraction of sp³-hybridized carbons (Fsp3) is 0.182. The van der Waals surface area contributed by atoms with Crippen LogP contribution in [0.5, 0.6) is 0 Å². The topological polar surface area (TPSA) is 38.7 Å². The van der Waals surface area contributed by atoms with Crippen molar-refractivity contribution in [2.75, 3.05) is 0 Å². The van der Waals surface area contributed by atoms with Crippen LogP contribution in [0.1, 0.15) is 11.3 Å². The Labute approximate surface area is 124 Å². The van der Waals surface area contributed by atoms with Crippen molar-refractivity contribution in [1.29, 1.82) is 0 Å². The van der Waals surface area contributed by atoms with Gasteiger partial charge in [0, 0.05) is 29.4 Å². The second-order valence-corrected chi connectivity index (χ2v) is 5.63. The highest BCUT2D eigenvalue weighted by molar-refractivity contribution is 7.98. The molecule has 94 valence electrons. The smallest absolute Gasteiger partial charge is 0.189 e. The van der Waals surface area contributed by atoms with Gasteiger partial charge in [0.05, 0.1) is 10.0 Å². The molecule has 0 atom stereocenters. The van der Waals surface area contributed by atoms with E-state index in [-0.39, 0.29) is 0 Å². The second-order valence-electron chi connectivity index (χ2n) is 3.48. The summed E-state index contributed by atoms with van der Waals surface area (Å²) < 4.78 is 0. The van der Waals surface area contributed by atoms with Crippen molar-refractivity contribution in [1.82, 2.24) is 15.0 Å². The maximum Gasteiger partial charge on any atom is 0.189 e. The molecule has 0 aliphatic carbocycles. The molecule has 0 bridgehead atoms. The lowest BCUT2D eigenvalue weighted by Crippen LogP contribution is -1.92. The van der Waals surface area contributed by atoms with E-state index in [0.717, 1.165) is 11.3 Å². The molecular weight excluding hydrogens is 313 g/mol. The summed E-state index contributed by atoms with van der Waals surface area (Å²) in [4.78, 5) is 12.3. The van der Waals surface area contributed by atoms with Crippen molar-refractivity contribution in [3.63, 3.8) is 0 Å². The first-order chi connectivity index (χ1) is 8.56. The van der Waals surface area contributed by atoms with E-state index in [1.54, 1.807) is 18.5 Å². The molecule has 0 unspecified atom stereocenters. The third kappa shape index (κ3) is 3.48. The molecule has 0 aliphatic rings. The van der Waals surface area contributed by atoms with E-state index in [1.807, 2.05) is 6.92 Å². The van der Waals surface area contributed by atoms with Crippen molar-refractivity contribution >= 4 is 46.6 Å². The van der Waals surface area contributed by atoms with Crippen LogP contribution in [-0.4, -0.2) is 15.0 Å². The van der Waals surface area contributed by atoms with E-state index in [9.17, 15) is 0 Å². The molecule has 7 heteroatoms. The Morgan fingerprint density at radius 2 is 1.78 bits per heavy atom. The van der Waals surface area contributed by atoms with Gasteiger partial charge in [-0.3, -0.25) is 4.98 Å². The molecule has 18 heavy (non-hydrogen) atoms. The quantitative estimate of drug-likeness (QED) is 0.476. The molecule has 0 N–H and O–H groups in total. The molecule has 0 aliphatic heterocycles. The van der Waals surface area contributed by atoms with Crippen LogP contribution < -0.4 is 0 Å². The Morgan fingerprint density at radius 3 is 2.39 bits per heavy atom. The SMILES string of the molecule is Cc1cc(Cl)nc(SCc2c(Cl)cncc2Cl)n1. The number of hydrogen-bond acceptors (Lipinski definition) is 4. The highest BCUT2D eigenvalue weighted by Gasteiger charge is 2.08. The largest absolute Gasteiger partial charge is 0.262 e. The van der Waals surface area contributed by atoms with E-state index in [4.69, 9.17) is 34.8 Å². The van der Waals surface area contributed by atoms with Crippen LogP contribution >= 0.6 is 46.6 Å². The van der Waals surface area contributed by atoms with Crippen LogP contribution in [0.15, 0.2) is 23.6 Å². The van der Waals surface area contributed by atoms with Crippen LogP contribution in [-0.2, 0) is 5.75 Å². The van der Waals surface area contributed by atoms with Gasteiger partial charge >= 0.3 is 0 Å². The number of hydrogen-bond donors (Lipinski definition) is 0. The minimum absolute atomic E-state index is 0.428. The fourth-order valence-electron chi connectivity index (χ4n) is 1.28. The maximum atomic E-state index is 6.03. The number of nitrogens with zero attached hydrogens (tertiary/aromatic N) is 3. The van der Waals surface area contributed by atoms with E-state index in [2.05, 4.69) is 15.0 Å². The van der Waals surface area contributed by atoms with Gasteiger partial charge in [0.2, 0.25) is 0 Å². The number of aryl methyl sites for hydroxylation is 1. The van der Waals surface area contributed by atoms with Gasteiger partial charge in [0.25, 0.3) is 0 Å². The zero-order chi connectivity index (χ0) is 13.1. The molecule has 0 aromatic carbocycles. The average Bonchev–Trinajstić information content (AvgIpc) is 2.27. The summed E-state index contributed by atoms with van der Waals surface area (Å²) in [6.45, 7) is 1.87. The molecule has 0 saturated carbocycles. The molecule has 3 nitrogen and oxygen atoms in total. The van der Waals surface area contributed by atoms with Gasteiger partial charge in [0.1, 0.15) is 5.15 Å². The lowest BCUT2D eigenvalue weighted by molar-refractivity contribution is 0.932. The maximum absolute atomic E-state index is 6.03. The van der Waals surface area contributed by atoms with Crippen molar-refractivity contribution in [3.8, 4) is 0 Å². The molecule has 0 saturated heterocycles. The van der Waals surface area contributed by atoms with Crippen LogP contribution in [0, 0.1) is 6.92 Å². The van der Waals surface area contributed by atoms with E-state index in [1.165, 1.54) is 11.8 Å². The summed E-state index contributed by atoms with van der Waals surface area (Å²) in [7, 11) is 0. The first kappa shape index (κ1) is 13.9. The third-order valence-corrected chi connectivity index (χ3v) is 3.82. The second kappa shape index (κ2) is 6.06. The minimum atomic E-state index is 0.428. The first-order valence-corrected chi connectivity index (χ1v) is 7.10. The minimum Gasteiger partial charge on any atom is -0.262 e. The van der Waals surface area contributed by atoms with Gasteiger partial charge in [-0.1, -0.05) is 46.6 Å². The van der Waals surface area contributed by atoms with Crippen LogP contribution in [0.3, 0.4) is 0 Å². The summed E-state index contributed by atoms with van der Waals surface area (Å²) in [5.74, 6) is 0.569. The zero-order valence-electron chi connectivity index (χ0n) is 9.32. The van der Waals surface area contributed by atoms with Gasteiger partial charge < -0.3 is 0 Å². The van der Waals surface area contributed by atoms with Gasteiger partial charge in [-0.05, 0) is 13.0 Å². The molecule has 0 radical (unpaired) electrons. The molecule has 2 heterocycles. The van der Waals surface area contributed by atoms with E-state index in [0.29, 0.717) is 26.1 Å². The van der Waals surface area contributed by atoms with Gasteiger partial charge in [-0.15, -0.1) is 0 Å². The first-order valence-electron chi connectivity index (χ1n) is 4.98. The molecule has 2 aromatic rings. The molecule has 0 spiro atoms. The van der Waals surface area contributed by atoms with Crippen molar-refractivity contribution < 1.29 is 0 Å². The van der Waals surface area contributed by atoms with E-state index < -0.39 is 0 Å². The Balaban J connectivity index is 2.16. The number of aromatic nitrogens is 3. The van der Waals surface area contributed by atoms with Gasteiger partial charge in [-0.25, -0.2) is 9.97 Å². The van der Waals surface area contributed by atoms with Crippen LogP contribution in [0.2, 0.25) is 15.2 Å². The van der Waals surface area contributed by atoms with Gasteiger partial charge in [0.15, 0.2) is 5.16 Å². The standard InChI is InChI=1S/C11H8Cl3N3S/c1-6-2-10(14)17-11(16-6)18-5-7-8(12)3-15-4-9(7)13/h2-4H,5H2,1H3. The number of pyridine rings is 1. The Morgan fingerprint density at radius 1 is 1.11 bits per heavy atom.